The Morgan fingerprint density at radius 2 is 1.95 bits per heavy atom. The van der Waals surface area contributed by atoms with E-state index >= 15 is 0 Å². The van der Waals surface area contributed by atoms with Crippen LogP contribution in [-0.4, -0.2) is 29.1 Å². The van der Waals surface area contributed by atoms with E-state index in [1.54, 1.807) is 4.90 Å². The lowest BCUT2D eigenvalue weighted by Crippen LogP contribution is -2.41. The predicted octanol–water partition coefficient (Wildman–Crippen LogP) is 2.32. The van der Waals surface area contributed by atoms with Gasteiger partial charge < -0.3 is 15.4 Å². The van der Waals surface area contributed by atoms with Crippen LogP contribution < -0.4 is 5.73 Å². The van der Waals surface area contributed by atoms with Crippen LogP contribution in [0.1, 0.15) is 18.4 Å². The van der Waals surface area contributed by atoms with Crippen molar-refractivity contribution < 1.29 is 9.53 Å². The summed E-state index contributed by atoms with van der Waals surface area (Å²) in [6.45, 7) is 1.64. The SMILES string of the molecule is NC(=S)C1CCN(C(=O)OCc2ccccc2)CC1. The van der Waals surface area contributed by atoms with E-state index in [1.165, 1.54) is 0 Å². The second-order valence-electron chi connectivity index (χ2n) is 4.70. The monoisotopic (exact) mass is 278 g/mol. The van der Waals surface area contributed by atoms with Crippen LogP contribution in [0.2, 0.25) is 0 Å². The Labute approximate surface area is 118 Å². The molecule has 1 aromatic rings. The number of rotatable bonds is 3. The van der Waals surface area contributed by atoms with Gasteiger partial charge in [0.05, 0.1) is 4.99 Å². The van der Waals surface area contributed by atoms with Gasteiger partial charge in [-0.25, -0.2) is 4.79 Å². The van der Waals surface area contributed by atoms with Gasteiger partial charge in [0.25, 0.3) is 0 Å². The van der Waals surface area contributed by atoms with Crippen molar-refractivity contribution in [3.05, 3.63) is 35.9 Å². The van der Waals surface area contributed by atoms with Crippen molar-refractivity contribution in [3.63, 3.8) is 0 Å². The van der Waals surface area contributed by atoms with Crippen LogP contribution in [0.25, 0.3) is 0 Å². The summed E-state index contributed by atoms with van der Waals surface area (Å²) in [5.41, 5.74) is 6.61. The van der Waals surface area contributed by atoms with Gasteiger partial charge in [0.1, 0.15) is 6.61 Å². The number of carbonyl (C=O) groups is 1. The Morgan fingerprint density at radius 1 is 1.32 bits per heavy atom. The molecule has 2 N–H and O–H groups in total. The summed E-state index contributed by atoms with van der Waals surface area (Å²) in [7, 11) is 0. The van der Waals surface area contributed by atoms with Gasteiger partial charge in [-0.2, -0.15) is 0 Å². The van der Waals surface area contributed by atoms with Crippen LogP contribution in [-0.2, 0) is 11.3 Å². The number of nitrogens with zero attached hydrogens (tertiary/aromatic N) is 1. The van der Waals surface area contributed by atoms with E-state index in [4.69, 9.17) is 22.7 Å². The molecule has 0 bridgehead atoms. The van der Waals surface area contributed by atoms with Gasteiger partial charge in [-0.15, -0.1) is 0 Å². The third-order valence-corrected chi connectivity index (χ3v) is 3.69. The number of hydrogen-bond acceptors (Lipinski definition) is 3. The fourth-order valence-electron chi connectivity index (χ4n) is 2.16. The minimum Gasteiger partial charge on any atom is -0.445 e. The molecule has 0 aliphatic carbocycles. The van der Waals surface area contributed by atoms with Crippen LogP contribution in [0, 0.1) is 5.92 Å². The van der Waals surface area contributed by atoms with E-state index < -0.39 is 0 Å². The quantitative estimate of drug-likeness (QED) is 0.862. The highest BCUT2D eigenvalue weighted by Crippen LogP contribution is 2.18. The lowest BCUT2D eigenvalue weighted by atomic mass is 9.97. The standard InChI is InChI=1S/C14H18N2O2S/c15-13(19)12-6-8-16(9-7-12)14(17)18-10-11-4-2-1-3-5-11/h1-5,12H,6-10H2,(H2,15,19). The fourth-order valence-corrected chi connectivity index (χ4v) is 2.39. The normalized spacial score (nSPS) is 16.1. The van der Waals surface area contributed by atoms with E-state index in [9.17, 15) is 4.79 Å². The molecule has 1 aromatic carbocycles. The number of ether oxygens (including phenoxy) is 1. The van der Waals surface area contributed by atoms with Crippen molar-refractivity contribution in [1.82, 2.24) is 4.90 Å². The smallest absolute Gasteiger partial charge is 0.410 e. The summed E-state index contributed by atoms with van der Waals surface area (Å²) in [5, 5.41) is 0. The molecular formula is C14H18N2O2S. The van der Waals surface area contributed by atoms with Crippen molar-refractivity contribution in [3.8, 4) is 0 Å². The third-order valence-electron chi connectivity index (χ3n) is 3.36. The van der Waals surface area contributed by atoms with Crippen LogP contribution in [0.5, 0.6) is 0 Å². The van der Waals surface area contributed by atoms with Gasteiger partial charge in [0, 0.05) is 19.0 Å². The second kappa shape index (κ2) is 6.52. The Kier molecular flexibility index (Phi) is 4.74. The van der Waals surface area contributed by atoms with E-state index in [-0.39, 0.29) is 12.0 Å². The lowest BCUT2D eigenvalue weighted by molar-refractivity contribution is 0.0865. The number of benzene rings is 1. The average Bonchev–Trinajstić information content (AvgIpc) is 2.46. The maximum atomic E-state index is 11.9. The summed E-state index contributed by atoms with van der Waals surface area (Å²) in [5.74, 6) is 0.258. The first kappa shape index (κ1) is 13.8. The molecule has 0 atom stereocenters. The Hall–Kier alpha value is -1.62. The number of piperidine rings is 1. The minimum absolute atomic E-state index is 0.258. The molecule has 1 fully saturated rings. The Balaban J connectivity index is 1.77. The van der Waals surface area contributed by atoms with Crippen molar-refractivity contribution in [2.45, 2.75) is 19.4 Å². The summed E-state index contributed by atoms with van der Waals surface area (Å²) >= 11 is 4.98. The molecule has 0 spiro atoms. The summed E-state index contributed by atoms with van der Waals surface area (Å²) in [4.78, 5) is 14.2. The van der Waals surface area contributed by atoms with Crippen molar-refractivity contribution >= 4 is 23.3 Å². The van der Waals surface area contributed by atoms with Crippen LogP contribution in [0.4, 0.5) is 4.79 Å². The molecule has 1 aliphatic heterocycles. The van der Waals surface area contributed by atoms with Crippen LogP contribution >= 0.6 is 12.2 Å². The predicted molar refractivity (Wildman–Crippen MR) is 77.7 cm³/mol. The van der Waals surface area contributed by atoms with Gasteiger partial charge in [-0.3, -0.25) is 0 Å². The summed E-state index contributed by atoms with van der Waals surface area (Å²) in [6.07, 6.45) is 1.40. The van der Waals surface area contributed by atoms with E-state index in [0.717, 1.165) is 18.4 Å². The number of amides is 1. The number of likely N-dealkylation sites (tertiary alicyclic amines) is 1. The zero-order valence-electron chi connectivity index (χ0n) is 10.7. The fraction of sp³-hybridized carbons (Fsp3) is 0.429. The number of thiocarbonyl (C=S) groups is 1. The Morgan fingerprint density at radius 3 is 2.53 bits per heavy atom. The summed E-state index contributed by atoms with van der Waals surface area (Å²) < 4.78 is 5.29. The van der Waals surface area contributed by atoms with E-state index in [1.807, 2.05) is 30.3 Å². The molecule has 1 saturated heterocycles. The molecule has 1 aliphatic rings. The topological polar surface area (TPSA) is 55.6 Å². The first-order valence-electron chi connectivity index (χ1n) is 6.42. The molecular weight excluding hydrogens is 260 g/mol. The van der Waals surface area contributed by atoms with Crippen molar-refractivity contribution in [2.24, 2.45) is 11.7 Å². The minimum atomic E-state index is -0.259. The van der Waals surface area contributed by atoms with E-state index in [2.05, 4.69) is 0 Å². The van der Waals surface area contributed by atoms with Gasteiger partial charge >= 0.3 is 6.09 Å². The molecule has 4 nitrogen and oxygen atoms in total. The molecule has 102 valence electrons. The second-order valence-corrected chi connectivity index (χ2v) is 5.18. The van der Waals surface area contributed by atoms with Crippen molar-refractivity contribution in [1.29, 1.82) is 0 Å². The highest BCUT2D eigenvalue weighted by atomic mass is 32.1. The third kappa shape index (κ3) is 3.92. The first-order valence-corrected chi connectivity index (χ1v) is 6.82. The molecule has 0 saturated carbocycles. The molecule has 2 rings (SSSR count). The van der Waals surface area contributed by atoms with Gasteiger partial charge in [0.15, 0.2) is 0 Å². The maximum Gasteiger partial charge on any atom is 0.410 e. The molecule has 19 heavy (non-hydrogen) atoms. The van der Waals surface area contributed by atoms with E-state index in [0.29, 0.717) is 24.7 Å². The largest absolute Gasteiger partial charge is 0.445 e. The highest BCUT2D eigenvalue weighted by molar-refractivity contribution is 7.80. The molecule has 0 radical (unpaired) electrons. The first-order chi connectivity index (χ1) is 9.16. The molecule has 5 heteroatoms. The lowest BCUT2D eigenvalue weighted by Gasteiger charge is -2.30. The zero-order valence-corrected chi connectivity index (χ0v) is 11.6. The highest BCUT2D eigenvalue weighted by Gasteiger charge is 2.24. The molecule has 0 unspecified atom stereocenters. The van der Waals surface area contributed by atoms with Gasteiger partial charge in [-0.05, 0) is 18.4 Å². The molecule has 1 heterocycles. The molecule has 0 aromatic heterocycles. The summed E-state index contributed by atoms with van der Waals surface area (Å²) in [6, 6.07) is 9.66. The van der Waals surface area contributed by atoms with Gasteiger partial charge in [0.2, 0.25) is 0 Å². The Bertz CT molecular complexity index is 442. The van der Waals surface area contributed by atoms with Crippen LogP contribution in [0.15, 0.2) is 30.3 Å². The number of hydrogen-bond donors (Lipinski definition) is 1. The maximum absolute atomic E-state index is 11.9. The zero-order chi connectivity index (χ0) is 13.7. The van der Waals surface area contributed by atoms with Gasteiger partial charge in [-0.1, -0.05) is 42.5 Å². The van der Waals surface area contributed by atoms with Crippen molar-refractivity contribution in [2.75, 3.05) is 13.1 Å². The number of nitrogens with two attached hydrogens (primary N) is 1. The van der Waals surface area contributed by atoms with Crippen LogP contribution in [0.3, 0.4) is 0 Å². The number of carbonyl (C=O) groups excluding carboxylic acids is 1. The molecule has 1 amide bonds. The average molecular weight is 278 g/mol.